The van der Waals surface area contributed by atoms with Crippen molar-refractivity contribution in [1.29, 1.82) is 0 Å². The second-order valence-electron chi connectivity index (χ2n) is 5.18. The fourth-order valence-electron chi connectivity index (χ4n) is 2.35. The zero-order valence-corrected chi connectivity index (χ0v) is 14.0. The number of ketones is 1. The molecule has 0 aliphatic heterocycles. The molecule has 0 spiro atoms. The van der Waals surface area contributed by atoms with Crippen molar-refractivity contribution in [3.05, 3.63) is 77.4 Å². The van der Waals surface area contributed by atoms with Crippen molar-refractivity contribution in [2.75, 3.05) is 14.2 Å². The third-order valence-electron chi connectivity index (χ3n) is 3.60. The largest absolute Gasteiger partial charge is 0.468 e. The van der Waals surface area contributed by atoms with Gasteiger partial charge in [0, 0.05) is 11.1 Å². The van der Waals surface area contributed by atoms with Crippen LogP contribution in [-0.4, -0.2) is 31.9 Å². The predicted octanol–water partition coefficient (Wildman–Crippen LogP) is 2.92. The Bertz CT molecular complexity index is 762. The van der Waals surface area contributed by atoms with Crippen molar-refractivity contribution in [3.63, 3.8) is 0 Å². The highest BCUT2D eigenvalue weighted by Gasteiger charge is 2.36. The van der Waals surface area contributed by atoms with Crippen LogP contribution in [0.3, 0.4) is 0 Å². The van der Waals surface area contributed by atoms with E-state index in [1.165, 1.54) is 6.08 Å². The number of benzene rings is 2. The van der Waals surface area contributed by atoms with E-state index in [2.05, 4.69) is 0 Å². The first-order chi connectivity index (χ1) is 12.1. The van der Waals surface area contributed by atoms with Gasteiger partial charge in [0.05, 0.1) is 14.2 Å². The van der Waals surface area contributed by atoms with Crippen LogP contribution in [0, 0.1) is 5.92 Å². The van der Waals surface area contributed by atoms with E-state index < -0.39 is 23.6 Å². The monoisotopic (exact) mass is 338 g/mol. The Morgan fingerprint density at radius 3 is 1.76 bits per heavy atom. The first kappa shape index (κ1) is 18.1. The Labute approximate surface area is 145 Å². The van der Waals surface area contributed by atoms with Crippen LogP contribution in [0.2, 0.25) is 0 Å². The summed E-state index contributed by atoms with van der Waals surface area (Å²) in [7, 11) is 2.32. The van der Waals surface area contributed by atoms with Crippen LogP contribution < -0.4 is 0 Å². The van der Waals surface area contributed by atoms with Crippen LogP contribution in [0.15, 0.2) is 66.2 Å². The summed E-state index contributed by atoms with van der Waals surface area (Å²) in [5.74, 6) is -3.59. The van der Waals surface area contributed by atoms with Crippen LogP contribution >= 0.6 is 0 Å². The zero-order chi connectivity index (χ0) is 18.2. The molecule has 0 atom stereocenters. The predicted molar refractivity (Wildman–Crippen MR) is 92.7 cm³/mol. The number of methoxy groups -OCH3 is 2. The molecule has 0 N–H and O–H groups in total. The topological polar surface area (TPSA) is 69.7 Å². The maximum Gasteiger partial charge on any atom is 0.324 e. The lowest BCUT2D eigenvalue weighted by atomic mass is 9.90. The van der Waals surface area contributed by atoms with Gasteiger partial charge in [-0.3, -0.25) is 14.4 Å². The van der Waals surface area contributed by atoms with E-state index in [9.17, 15) is 14.4 Å². The third kappa shape index (κ3) is 4.41. The van der Waals surface area contributed by atoms with Crippen LogP contribution in [0.1, 0.15) is 15.9 Å². The number of rotatable bonds is 6. The molecule has 128 valence electrons. The van der Waals surface area contributed by atoms with Gasteiger partial charge in [0.25, 0.3) is 0 Å². The van der Waals surface area contributed by atoms with Crippen molar-refractivity contribution >= 4 is 23.8 Å². The minimum Gasteiger partial charge on any atom is -0.468 e. The van der Waals surface area contributed by atoms with E-state index in [-0.39, 0.29) is 5.57 Å². The molecule has 0 saturated heterocycles. The summed E-state index contributed by atoms with van der Waals surface area (Å²) in [5, 5.41) is 0. The van der Waals surface area contributed by atoms with Gasteiger partial charge < -0.3 is 9.47 Å². The van der Waals surface area contributed by atoms with Crippen LogP contribution in [-0.2, 0) is 19.1 Å². The smallest absolute Gasteiger partial charge is 0.324 e. The lowest BCUT2D eigenvalue weighted by Gasteiger charge is -2.16. The number of hydrogen-bond acceptors (Lipinski definition) is 5. The number of ether oxygens (including phenoxy) is 2. The fourth-order valence-corrected chi connectivity index (χ4v) is 2.35. The minimum atomic E-state index is -1.46. The third-order valence-corrected chi connectivity index (χ3v) is 3.60. The SMILES string of the molecule is COC(=O)C(C(=O)OC)/C(=C\c1ccccc1)C(=O)c1ccccc1. The van der Waals surface area contributed by atoms with Crippen molar-refractivity contribution in [3.8, 4) is 0 Å². The molecule has 0 radical (unpaired) electrons. The molecule has 5 nitrogen and oxygen atoms in total. The van der Waals surface area contributed by atoms with Crippen molar-refractivity contribution in [2.45, 2.75) is 0 Å². The molecule has 0 amide bonds. The maximum absolute atomic E-state index is 12.9. The summed E-state index contributed by atoms with van der Waals surface area (Å²) in [6.45, 7) is 0. The number of carbonyl (C=O) groups excluding carboxylic acids is 3. The van der Waals surface area contributed by atoms with E-state index >= 15 is 0 Å². The van der Waals surface area contributed by atoms with E-state index in [4.69, 9.17) is 9.47 Å². The molecule has 0 bridgehead atoms. The Morgan fingerprint density at radius 1 is 0.800 bits per heavy atom. The molecular weight excluding hydrogens is 320 g/mol. The van der Waals surface area contributed by atoms with Crippen molar-refractivity contribution in [1.82, 2.24) is 0 Å². The lowest BCUT2D eigenvalue weighted by Crippen LogP contribution is -2.31. The summed E-state index contributed by atoms with van der Waals surface area (Å²) in [6.07, 6.45) is 1.51. The molecule has 0 saturated carbocycles. The standard InChI is InChI=1S/C20H18O5/c1-24-19(22)17(20(23)25-2)16(13-14-9-5-3-6-10-14)18(21)15-11-7-4-8-12-15/h3-13,17H,1-2H3/b16-13+. The highest BCUT2D eigenvalue weighted by molar-refractivity contribution is 6.18. The molecular formula is C20H18O5. The molecule has 0 fully saturated rings. The van der Waals surface area contributed by atoms with Gasteiger partial charge in [0.1, 0.15) is 0 Å². The van der Waals surface area contributed by atoms with E-state index in [0.717, 1.165) is 14.2 Å². The molecule has 25 heavy (non-hydrogen) atoms. The first-order valence-electron chi connectivity index (χ1n) is 7.60. The summed E-state index contributed by atoms with van der Waals surface area (Å²) in [5.41, 5.74) is 1.04. The summed E-state index contributed by atoms with van der Waals surface area (Å²) in [4.78, 5) is 37.3. The first-order valence-corrected chi connectivity index (χ1v) is 7.60. The molecule has 2 aromatic rings. The molecule has 2 aromatic carbocycles. The Morgan fingerprint density at radius 2 is 1.28 bits per heavy atom. The summed E-state index contributed by atoms with van der Waals surface area (Å²) < 4.78 is 9.41. The minimum absolute atomic E-state index is 0.00361. The normalized spacial score (nSPS) is 11.1. The molecule has 0 heterocycles. The van der Waals surface area contributed by atoms with E-state index in [1.807, 2.05) is 6.07 Å². The van der Waals surface area contributed by atoms with Gasteiger partial charge in [-0.2, -0.15) is 0 Å². The van der Waals surface area contributed by atoms with Crippen molar-refractivity contribution < 1.29 is 23.9 Å². The average Bonchev–Trinajstić information content (AvgIpc) is 2.67. The van der Waals surface area contributed by atoms with Gasteiger partial charge in [0.2, 0.25) is 0 Å². The van der Waals surface area contributed by atoms with Gasteiger partial charge in [-0.1, -0.05) is 60.7 Å². The zero-order valence-electron chi connectivity index (χ0n) is 14.0. The van der Waals surface area contributed by atoms with Gasteiger partial charge in [-0.15, -0.1) is 0 Å². The number of carbonyl (C=O) groups is 3. The maximum atomic E-state index is 12.9. The number of Topliss-reactive ketones (excluding diaryl/α,β-unsaturated/α-hetero) is 1. The summed E-state index contributed by atoms with van der Waals surface area (Å²) >= 11 is 0. The Hall–Kier alpha value is -3.21. The quantitative estimate of drug-likeness (QED) is 0.351. The fraction of sp³-hybridized carbons (Fsp3) is 0.150. The molecule has 0 aliphatic rings. The van der Waals surface area contributed by atoms with E-state index in [1.54, 1.807) is 54.6 Å². The van der Waals surface area contributed by atoms with Gasteiger partial charge >= 0.3 is 11.9 Å². The van der Waals surface area contributed by atoms with E-state index in [0.29, 0.717) is 11.1 Å². The van der Waals surface area contributed by atoms with Gasteiger partial charge in [-0.25, -0.2) is 0 Å². The van der Waals surface area contributed by atoms with Gasteiger partial charge in [-0.05, 0) is 11.6 Å². The molecule has 0 unspecified atom stereocenters. The van der Waals surface area contributed by atoms with Crippen molar-refractivity contribution in [2.24, 2.45) is 5.92 Å². The van der Waals surface area contributed by atoms with Crippen LogP contribution in [0.4, 0.5) is 0 Å². The second-order valence-corrected chi connectivity index (χ2v) is 5.18. The second kappa shape index (κ2) is 8.59. The number of hydrogen-bond donors (Lipinski definition) is 0. The molecule has 0 aromatic heterocycles. The van der Waals surface area contributed by atoms with Crippen LogP contribution in [0.5, 0.6) is 0 Å². The summed E-state index contributed by atoms with van der Waals surface area (Å²) in [6, 6.07) is 17.4. The number of esters is 2. The molecule has 5 heteroatoms. The Kier molecular flexibility index (Phi) is 6.23. The highest BCUT2D eigenvalue weighted by atomic mass is 16.5. The lowest BCUT2D eigenvalue weighted by molar-refractivity contribution is -0.156. The highest BCUT2D eigenvalue weighted by Crippen LogP contribution is 2.23. The Balaban J connectivity index is 2.58. The van der Waals surface area contributed by atoms with Gasteiger partial charge in [0.15, 0.2) is 11.7 Å². The molecule has 2 rings (SSSR count). The molecule has 0 aliphatic carbocycles. The van der Waals surface area contributed by atoms with Crippen LogP contribution in [0.25, 0.3) is 6.08 Å². The average molecular weight is 338 g/mol.